The monoisotopic (exact) mass is 152 g/mol. The summed E-state index contributed by atoms with van der Waals surface area (Å²) < 4.78 is 7.05. The minimum Gasteiger partial charge on any atom is -0.373 e. The summed E-state index contributed by atoms with van der Waals surface area (Å²) in [6, 6.07) is 2.06. The molecule has 1 fully saturated rings. The van der Waals surface area contributed by atoms with Gasteiger partial charge in [0.15, 0.2) is 0 Å². The first-order valence-corrected chi connectivity index (χ1v) is 4.02. The summed E-state index contributed by atoms with van der Waals surface area (Å²) in [4.78, 5) is 0. The number of aryl methyl sites for hydroxylation is 1. The summed E-state index contributed by atoms with van der Waals surface area (Å²) in [6.45, 7) is 3.95. The molecule has 1 aromatic rings. The molecular formula is C8H12N2O. The molecule has 0 amide bonds. The normalized spacial score (nSPS) is 22.1. The summed E-state index contributed by atoms with van der Waals surface area (Å²) >= 11 is 0. The Morgan fingerprint density at radius 1 is 1.82 bits per heavy atom. The van der Waals surface area contributed by atoms with Crippen LogP contribution in [0, 0.1) is 0 Å². The minimum atomic E-state index is 0.454. The molecule has 1 aromatic heterocycles. The second-order valence-corrected chi connectivity index (χ2v) is 2.82. The van der Waals surface area contributed by atoms with Crippen LogP contribution in [0.4, 0.5) is 0 Å². The molecule has 0 saturated carbocycles. The highest BCUT2D eigenvalue weighted by atomic mass is 16.6. The van der Waals surface area contributed by atoms with Gasteiger partial charge in [0.05, 0.1) is 18.4 Å². The highest BCUT2D eigenvalue weighted by Crippen LogP contribution is 2.14. The fourth-order valence-corrected chi connectivity index (χ4v) is 1.11. The van der Waals surface area contributed by atoms with E-state index in [-0.39, 0.29) is 0 Å². The molecule has 0 radical (unpaired) electrons. The highest BCUT2D eigenvalue weighted by molar-refractivity contribution is 5.02. The van der Waals surface area contributed by atoms with Gasteiger partial charge >= 0.3 is 0 Å². The van der Waals surface area contributed by atoms with Gasteiger partial charge in [-0.05, 0) is 13.0 Å². The number of ether oxygens (including phenoxy) is 1. The molecule has 1 unspecified atom stereocenters. The number of epoxide rings is 1. The van der Waals surface area contributed by atoms with Gasteiger partial charge in [0.25, 0.3) is 0 Å². The van der Waals surface area contributed by atoms with Gasteiger partial charge < -0.3 is 4.74 Å². The van der Waals surface area contributed by atoms with Crippen LogP contribution in [0.25, 0.3) is 0 Å². The number of hydrogen-bond acceptors (Lipinski definition) is 2. The van der Waals surface area contributed by atoms with Crippen molar-refractivity contribution in [1.82, 2.24) is 9.78 Å². The van der Waals surface area contributed by atoms with E-state index in [1.54, 1.807) is 0 Å². The lowest BCUT2D eigenvalue weighted by Gasteiger charge is -1.92. The zero-order chi connectivity index (χ0) is 7.68. The van der Waals surface area contributed by atoms with E-state index in [2.05, 4.69) is 18.1 Å². The maximum atomic E-state index is 5.11. The molecule has 0 aliphatic carbocycles. The SMILES string of the molecule is CCn1ccc(CC2CO2)n1. The van der Waals surface area contributed by atoms with Gasteiger partial charge in [-0.2, -0.15) is 5.10 Å². The fraction of sp³-hybridized carbons (Fsp3) is 0.625. The average Bonchev–Trinajstić information content (AvgIpc) is 2.68. The third-order valence-electron chi connectivity index (χ3n) is 1.86. The summed E-state index contributed by atoms with van der Waals surface area (Å²) in [5.41, 5.74) is 1.15. The van der Waals surface area contributed by atoms with Crippen molar-refractivity contribution in [3.05, 3.63) is 18.0 Å². The van der Waals surface area contributed by atoms with Crippen LogP contribution in [0.5, 0.6) is 0 Å². The van der Waals surface area contributed by atoms with Crippen molar-refractivity contribution in [3.63, 3.8) is 0 Å². The summed E-state index contributed by atoms with van der Waals surface area (Å²) in [5.74, 6) is 0. The molecule has 60 valence electrons. The van der Waals surface area contributed by atoms with Gasteiger partial charge in [-0.3, -0.25) is 4.68 Å². The Balaban J connectivity index is 1.99. The van der Waals surface area contributed by atoms with Crippen molar-refractivity contribution in [2.24, 2.45) is 0 Å². The molecule has 1 atom stereocenters. The number of rotatable bonds is 3. The molecule has 1 aliphatic heterocycles. The van der Waals surface area contributed by atoms with E-state index < -0.39 is 0 Å². The van der Waals surface area contributed by atoms with Gasteiger partial charge in [-0.1, -0.05) is 0 Å². The van der Waals surface area contributed by atoms with Crippen LogP contribution in [-0.4, -0.2) is 22.5 Å². The highest BCUT2D eigenvalue weighted by Gasteiger charge is 2.23. The first kappa shape index (κ1) is 6.85. The predicted octanol–water partition coefficient (Wildman–Crippen LogP) is 0.844. The van der Waals surface area contributed by atoms with E-state index in [1.165, 1.54) is 0 Å². The lowest BCUT2D eigenvalue weighted by Crippen LogP contribution is -1.98. The van der Waals surface area contributed by atoms with Gasteiger partial charge in [0.1, 0.15) is 0 Å². The number of nitrogens with zero attached hydrogens (tertiary/aromatic N) is 2. The van der Waals surface area contributed by atoms with Gasteiger partial charge in [0, 0.05) is 19.2 Å². The second kappa shape index (κ2) is 2.66. The zero-order valence-corrected chi connectivity index (χ0v) is 6.66. The molecule has 1 aliphatic rings. The van der Waals surface area contributed by atoms with E-state index in [4.69, 9.17) is 4.74 Å². The molecule has 3 nitrogen and oxygen atoms in total. The van der Waals surface area contributed by atoms with Gasteiger partial charge in [-0.25, -0.2) is 0 Å². The Kier molecular flexibility index (Phi) is 1.66. The van der Waals surface area contributed by atoms with Gasteiger partial charge in [-0.15, -0.1) is 0 Å². The lowest BCUT2D eigenvalue weighted by molar-refractivity contribution is 0.405. The maximum absolute atomic E-state index is 5.11. The minimum absolute atomic E-state index is 0.454. The Labute approximate surface area is 66.0 Å². The third-order valence-corrected chi connectivity index (χ3v) is 1.86. The molecule has 2 heterocycles. The van der Waals surface area contributed by atoms with Crippen molar-refractivity contribution in [2.75, 3.05) is 6.61 Å². The Morgan fingerprint density at radius 2 is 2.64 bits per heavy atom. The molecular weight excluding hydrogens is 140 g/mol. The summed E-state index contributed by atoms with van der Waals surface area (Å²) in [7, 11) is 0. The molecule has 2 rings (SSSR count). The molecule has 3 heteroatoms. The molecule has 1 saturated heterocycles. The quantitative estimate of drug-likeness (QED) is 0.601. The van der Waals surface area contributed by atoms with Crippen LogP contribution in [-0.2, 0) is 17.7 Å². The maximum Gasteiger partial charge on any atom is 0.0865 e. The topological polar surface area (TPSA) is 30.4 Å². The Hall–Kier alpha value is -0.830. The zero-order valence-electron chi connectivity index (χ0n) is 6.66. The van der Waals surface area contributed by atoms with Crippen molar-refractivity contribution >= 4 is 0 Å². The van der Waals surface area contributed by atoms with Gasteiger partial charge in [0.2, 0.25) is 0 Å². The molecule has 11 heavy (non-hydrogen) atoms. The smallest absolute Gasteiger partial charge is 0.0865 e. The van der Waals surface area contributed by atoms with Crippen molar-refractivity contribution in [1.29, 1.82) is 0 Å². The van der Waals surface area contributed by atoms with E-state index in [9.17, 15) is 0 Å². The second-order valence-electron chi connectivity index (χ2n) is 2.82. The van der Waals surface area contributed by atoms with Crippen molar-refractivity contribution in [3.8, 4) is 0 Å². The third kappa shape index (κ3) is 1.60. The van der Waals surface area contributed by atoms with E-state index in [0.717, 1.165) is 25.3 Å². The number of hydrogen-bond donors (Lipinski definition) is 0. The standard InChI is InChI=1S/C8H12N2O/c1-2-10-4-3-7(9-10)5-8-6-11-8/h3-4,8H,2,5-6H2,1H3. The van der Waals surface area contributed by atoms with Crippen LogP contribution < -0.4 is 0 Å². The predicted molar refractivity (Wildman–Crippen MR) is 41.3 cm³/mol. The van der Waals surface area contributed by atoms with E-state index >= 15 is 0 Å². The fourth-order valence-electron chi connectivity index (χ4n) is 1.11. The van der Waals surface area contributed by atoms with E-state index in [1.807, 2.05) is 10.9 Å². The first-order valence-electron chi connectivity index (χ1n) is 4.02. The first-order chi connectivity index (χ1) is 5.38. The largest absolute Gasteiger partial charge is 0.373 e. The van der Waals surface area contributed by atoms with Crippen LogP contribution in [0.1, 0.15) is 12.6 Å². The Morgan fingerprint density at radius 3 is 3.18 bits per heavy atom. The summed E-state index contributed by atoms with van der Waals surface area (Å²) in [6.07, 6.45) is 3.44. The van der Waals surface area contributed by atoms with Crippen molar-refractivity contribution in [2.45, 2.75) is 26.0 Å². The van der Waals surface area contributed by atoms with Crippen molar-refractivity contribution < 1.29 is 4.74 Å². The average molecular weight is 152 g/mol. The molecule has 0 bridgehead atoms. The Bertz CT molecular complexity index is 240. The van der Waals surface area contributed by atoms with Crippen LogP contribution in [0.3, 0.4) is 0 Å². The van der Waals surface area contributed by atoms with Crippen LogP contribution in [0.15, 0.2) is 12.3 Å². The number of aromatic nitrogens is 2. The van der Waals surface area contributed by atoms with Crippen LogP contribution in [0.2, 0.25) is 0 Å². The molecule has 0 aromatic carbocycles. The molecule has 0 spiro atoms. The summed E-state index contributed by atoms with van der Waals surface area (Å²) in [5, 5.41) is 4.35. The van der Waals surface area contributed by atoms with E-state index in [0.29, 0.717) is 6.10 Å². The van der Waals surface area contributed by atoms with Crippen LogP contribution >= 0.6 is 0 Å². The molecule has 0 N–H and O–H groups in total. The lowest BCUT2D eigenvalue weighted by atomic mass is 10.2.